The molecule has 7 nitrogen and oxygen atoms in total. The Morgan fingerprint density at radius 3 is 2.85 bits per heavy atom. The first-order valence-electron chi connectivity index (χ1n) is 9.62. The van der Waals surface area contributed by atoms with Crippen molar-refractivity contribution in [3.05, 3.63) is 35.7 Å². The van der Waals surface area contributed by atoms with E-state index in [1.807, 2.05) is 24.1 Å². The minimum absolute atomic E-state index is 0.299. The molecule has 2 aliphatic rings. The van der Waals surface area contributed by atoms with Crippen LogP contribution < -0.4 is 0 Å². The summed E-state index contributed by atoms with van der Waals surface area (Å²) >= 11 is 0. The summed E-state index contributed by atoms with van der Waals surface area (Å²) in [7, 11) is 1.96. The molecule has 1 fully saturated rings. The summed E-state index contributed by atoms with van der Waals surface area (Å²) in [4.78, 5) is 7.16. The molecule has 1 saturated heterocycles. The zero-order valence-electron chi connectivity index (χ0n) is 15.8. The maximum atomic E-state index is 6.00. The maximum absolute atomic E-state index is 6.00. The Balaban J connectivity index is 1.34. The summed E-state index contributed by atoms with van der Waals surface area (Å²) in [6, 6.07) is 0.299. The minimum atomic E-state index is 0.299. The predicted molar refractivity (Wildman–Crippen MR) is 97.5 cm³/mol. The summed E-state index contributed by atoms with van der Waals surface area (Å²) in [6.07, 6.45) is 8.26. The molecule has 142 valence electrons. The molecule has 7 heteroatoms. The number of ether oxygens (including phenoxy) is 2. The number of fused-ring (bicyclic) bond motifs is 1. The van der Waals surface area contributed by atoms with Crippen LogP contribution in [0.5, 0.6) is 0 Å². The second kappa shape index (κ2) is 7.90. The molecule has 2 aliphatic heterocycles. The van der Waals surface area contributed by atoms with Crippen LogP contribution >= 0.6 is 0 Å². The van der Waals surface area contributed by atoms with E-state index < -0.39 is 0 Å². The molecule has 4 rings (SSSR count). The molecule has 0 spiro atoms. The third-order valence-corrected chi connectivity index (χ3v) is 5.59. The molecule has 0 aliphatic carbocycles. The maximum Gasteiger partial charge on any atom is 0.126 e. The molecule has 0 radical (unpaired) electrons. The van der Waals surface area contributed by atoms with Crippen molar-refractivity contribution in [3.63, 3.8) is 0 Å². The summed E-state index contributed by atoms with van der Waals surface area (Å²) in [5.41, 5.74) is 2.44. The second-order valence-corrected chi connectivity index (χ2v) is 7.50. The third-order valence-electron chi connectivity index (χ3n) is 5.59. The largest absolute Gasteiger partial charge is 0.381 e. The van der Waals surface area contributed by atoms with E-state index in [9.17, 15) is 0 Å². The molecular formula is C19H29N5O2. The normalized spacial score (nSPS) is 21.8. The summed E-state index contributed by atoms with van der Waals surface area (Å²) in [5, 5.41) is 4.27. The second-order valence-electron chi connectivity index (χ2n) is 7.50. The van der Waals surface area contributed by atoms with Gasteiger partial charge in [-0.15, -0.1) is 0 Å². The number of aromatic nitrogens is 4. The SMILES string of the molecule is C[C@@H]1c2ncc(COCC3CCOCC3)n2CCN1Cc1cnn(C)c1. The summed E-state index contributed by atoms with van der Waals surface area (Å²) < 4.78 is 15.6. The van der Waals surface area contributed by atoms with Crippen molar-refractivity contribution in [2.45, 2.75) is 45.5 Å². The van der Waals surface area contributed by atoms with E-state index in [0.29, 0.717) is 18.6 Å². The number of aryl methyl sites for hydroxylation is 1. The van der Waals surface area contributed by atoms with Gasteiger partial charge < -0.3 is 14.0 Å². The Morgan fingerprint density at radius 2 is 2.08 bits per heavy atom. The first-order chi connectivity index (χ1) is 12.7. The first-order valence-corrected chi connectivity index (χ1v) is 9.62. The molecule has 2 aromatic heterocycles. The summed E-state index contributed by atoms with van der Waals surface area (Å²) in [6.45, 7) is 8.37. The topological polar surface area (TPSA) is 57.3 Å². The zero-order valence-corrected chi connectivity index (χ0v) is 15.8. The molecule has 26 heavy (non-hydrogen) atoms. The lowest BCUT2D eigenvalue weighted by molar-refractivity contribution is 0.0139. The van der Waals surface area contributed by atoms with E-state index in [1.54, 1.807) is 0 Å². The molecular weight excluding hydrogens is 330 g/mol. The molecule has 2 aromatic rings. The van der Waals surface area contributed by atoms with Gasteiger partial charge >= 0.3 is 0 Å². The van der Waals surface area contributed by atoms with Gasteiger partial charge in [-0.3, -0.25) is 9.58 Å². The fourth-order valence-electron chi connectivity index (χ4n) is 3.97. The van der Waals surface area contributed by atoms with E-state index in [1.165, 1.54) is 11.3 Å². The fourth-order valence-corrected chi connectivity index (χ4v) is 3.97. The van der Waals surface area contributed by atoms with Crippen molar-refractivity contribution in [1.82, 2.24) is 24.2 Å². The number of nitrogens with zero attached hydrogens (tertiary/aromatic N) is 5. The lowest BCUT2D eigenvalue weighted by Crippen LogP contribution is -2.37. The lowest BCUT2D eigenvalue weighted by atomic mass is 10.0. The van der Waals surface area contributed by atoms with Crippen LogP contribution in [0.4, 0.5) is 0 Å². The van der Waals surface area contributed by atoms with Crippen LogP contribution in [-0.2, 0) is 36.2 Å². The zero-order chi connectivity index (χ0) is 17.9. The molecule has 4 heterocycles. The van der Waals surface area contributed by atoms with Gasteiger partial charge in [-0.05, 0) is 25.7 Å². The van der Waals surface area contributed by atoms with Crippen molar-refractivity contribution in [1.29, 1.82) is 0 Å². The number of rotatable bonds is 6. The quantitative estimate of drug-likeness (QED) is 0.791. The average Bonchev–Trinajstić information content (AvgIpc) is 3.25. The monoisotopic (exact) mass is 359 g/mol. The average molecular weight is 359 g/mol. The van der Waals surface area contributed by atoms with Crippen molar-refractivity contribution >= 4 is 0 Å². The number of imidazole rings is 1. The van der Waals surface area contributed by atoms with Gasteiger partial charge in [-0.25, -0.2) is 4.98 Å². The van der Waals surface area contributed by atoms with Crippen molar-refractivity contribution in [3.8, 4) is 0 Å². The van der Waals surface area contributed by atoms with Gasteiger partial charge in [-0.2, -0.15) is 5.10 Å². The van der Waals surface area contributed by atoms with E-state index in [0.717, 1.165) is 58.1 Å². The number of hydrogen-bond acceptors (Lipinski definition) is 5. The van der Waals surface area contributed by atoms with E-state index in [4.69, 9.17) is 14.5 Å². The summed E-state index contributed by atoms with van der Waals surface area (Å²) in [5.74, 6) is 1.78. The van der Waals surface area contributed by atoms with E-state index in [-0.39, 0.29) is 0 Å². The van der Waals surface area contributed by atoms with Crippen LogP contribution in [0.25, 0.3) is 0 Å². The molecule has 0 aromatic carbocycles. The predicted octanol–water partition coefficient (Wildman–Crippen LogP) is 2.14. The Bertz CT molecular complexity index is 719. The Kier molecular flexibility index (Phi) is 5.38. The lowest BCUT2D eigenvalue weighted by Gasteiger charge is -2.34. The Labute approximate surface area is 154 Å². The van der Waals surface area contributed by atoms with Gasteiger partial charge in [0.25, 0.3) is 0 Å². The Morgan fingerprint density at radius 1 is 1.23 bits per heavy atom. The van der Waals surface area contributed by atoms with Crippen LogP contribution in [0, 0.1) is 5.92 Å². The van der Waals surface area contributed by atoms with Gasteiger partial charge in [0.1, 0.15) is 5.82 Å². The van der Waals surface area contributed by atoms with Gasteiger partial charge in [0.15, 0.2) is 0 Å². The standard InChI is InChI=1S/C19H29N5O2/c1-15-19-20-10-18(14-26-13-16-3-7-25-8-4-16)24(19)6-5-23(15)12-17-9-21-22(2)11-17/h9-11,15-16H,3-8,12-14H2,1-2H3/t15-/m1/s1. The highest BCUT2D eigenvalue weighted by Gasteiger charge is 2.27. The Hall–Kier alpha value is -1.70. The van der Waals surface area contributed by atoms with Crippen molar-refractivity contribution in [2.75, 3.05) is 26.4 Å². The highest BCUT2D eigenvalue weighted by Crippen LogP contribution is 2.27. The van der Waals surface area contributed by atoms with Gasteiger partial charge in [0.05, 0.1) is 37.3 Å². The third kappa shape index (κ3) is 3.84. The van der Waals surface area contributed by atoms with Gasteiger partial charge in [0, 0.05) is 51.7 Å². The first kappa shape index (κ1) is 17.7. The minimum Gasteiger partial charge on any atom is -0.381 e. The van der Waals surface area contributed by atoms with Crippen LogP contribution in [0.3, 0.4) is 0 Å². The molecule has 0 saturated carbocycles. The van der Waals surface area contributed by atoms with Crippen LogP contribution in [0.1, 0.15) is 42.9 Å². The molecule has 1 atom stereocenters. The van der Waals surface area contributed by atoms with Crippen LogP contribution in [0.15, 0.2) is 18.6 Å². The smallest absolute Gasteiger partial charge is 0.126 e. The molecule has 0 unspecified atom stereocenters. The van der Waals surface area contributed by atoms with Crippen LogP contribution in [0.2, 0.25) is 0 Å². The number of hydrogen-bond donors (Lipinski definition) is 0. The molecule has 0 bridgehead atoms. The van der Waals surface area contributed by atoms with Gasteiger partial charge in [-0.1, -0.05) is 0 Å². The van der Waals surface area contributed by atoms with E-state index >= 15 is 0 Å². The molecule has 0 N–H and O–H groups in total. The van der Waals surface area contributed by atoms with Gasteiger partial charge in [0.2, 0.25) is 0 Å². The highest BCUT2D eigenvalue weighted by atomic mass is 16.5. The highest BCUT2D eigenvalue weighted by molar-refractivity contribution is 5.12. The van der Waals surface area contributed by atoms with Crippen molar-refractivity contribution < 1.29 is 9.47 Å². The van der Waals surface area contributed by atoms with E-state index in [2.05, 4.69) is 27.7 Å². The fraction of sp³-hybridized carbons (Fsp3) is 0.684. The van der Waals surface area contributed by atoms with Crippen molar-refractivity contribution in [2.24, 2.45) is 13.0 Å². The molecule has 0 amide bonds. The van der Waals surface area contributed by atoms with Crippen LogP contribution in [-0.4, -0.2) is 50.6 Å².